The van der Waals surface area contributed by atoms with Gasteiger partial charge in [-0.3, -0.25) is 0 Å². The standard InChI is InChI=1S/C13H20BrClN2/c1-10(2)17(3)7-6-16-9-11-8-12(15)4-5-13(11)14/h4-5,8,10,16H,6-7,9H2,1-3H3. The molecule has 1 N–H and O–H groups in total. The minimum absolute atomic E-state index is 0.592. The fourth-order valence-corrected chi connectivity index (χ4v) is 2.00. The summed E-state index contributed by atoms with van der Waals surface area (Å²) in [7, 11) is 2.14. The number of rotatable bonds is 6. The highest BCUT2D eigenvalue weighted by Crippen LogP contribution is 2.20. The molecule has 0 atom stereocenters. The summed E-state index contributed by atoms with van der Waals surface area (Å²) in [6, 6.07) is 6.46. The first-order valence-corrected chi connectivity index (χ1v) is 7.02. The molecule has 0 unspecified atom stereocenters. The van der Waals surface area contributed by atoms with E-state index < -0.39 is 0 Å². The summed E-state index contributed by atoms with van der Waals surface area (Å²) in [5.74, 6) is 0. The van der Waals surface area contributed by atoms with Gasteiger partial charge in [0.25, 0.3) is 0 Å². The van der Waals surface area contributed by atoms with Crippen LogP contribution in [0.25, 0.3) is 0 Å². The highest BCUT2D eigenvalue weighted by molar-refractivity contribution is 9.10. The first-order chi connectivity index (χ1) is 8.00. The van der Waals surface area contributed by atoms with E-state index in [1.807, 2.05) is 18.2 Å². The van der Waals surface area contributed by atoms with Crippen molar-refractivity contribution in [1.29, 1.82) is 0 Å². The maximum atomic E-state index is 5.96. The second kappa shape index (κ2) is 7.37. The highest BCUT2D eigenvalue weighted by Gasteiger charge is 2.03. The Kier molecular flexibility index (Phi) is 6.49. The first kappa shape index (κ1) is 15.0. The van der Waals surface area contributed by atoms with E-state index in [0.29, 0.717) is 6.04 Å². The van der Waals surface area contributed by atoms with Crippen molar-refractivity contribution in [3.05, 3.63) is 33.3 Å². The van der Waals surface area contributed by atoms with Crippen LogP contribution in [0.15, 0.2) is 22.7 Å². The molecule has 0 spiro atoms. The maximum Gasteiger partial charge on any atom is 0.0410 e. The summed E-state index contributed by atoms with van der Waals surface area (Å²) in [5.41, 5.74) is 1.20. The van der Waals surface area contributed by atoms with E-state index in [1.165, 1.54) is 5.56 Å². The van der Waals surface area contributed by atoms with E-state index in [1.54, 1.807) is 0 Å². The van der Waals surface area contributed by atoms with Crippen LogP contribution >= 0.6 is 27.5 Å². The molecule has 17 heavy (non-hydrogen) atoms. The van der Waals surface area contributed by atoms with Crippen LogP contribution in [0.1, 0.15) is 19.4 Å². The molecule has 1 aromatic carbocycles. The molecule has 0 aliphatic heterocycles. The van der Waals surface area contributed by atoms with E-state index >= 15 is 0 Å². The second-order valence-electron chi connectivity index (χ2n) is 4.49. The van der Waals surface area contributed by atoms with E-state index in [-0.39, 0.29) is 0 Å². The van der Waals surface area contributed by atoms with Gasteiger partial charge >= 0.3 is 0 Å². The van der Waals surface area contributed by atoms with Gasteiger partial charge in [-0.1, -0.05) is 27.5 Å². The van der Waals surface area contributed by atoms with Crippen LogP contribution in [0.4, 0.5) is 0 Å². The maximum absolute atomic E-state index is 5.96. The van der Waals surface area contributed by atoms with E-state index in [4.69, 9.17) is 11.6 Å². The topological polar surface area (TPSA) is 15.3 Å². The first-order valence-electron chi connectivity index (χ1n) is 5.85. The molecule has 0 amide bonds. The monoisotopic (exact) mass is 318 g/mol. The minimum atomic E-state index is 0.592. The lowest BCUT2D eigenvalue weighted by atomic mass is 10.2. The lowest BCUT2D eigenvalue weighted by Crippen LogP contribution is -2.33. The average Bonchev–Trinajstić information content (AvgIpc) is 2.28. The zero-order chi connectivity index (χ0) is 12.8. The Morgan fingerprint density at radius 3 is 2.76 bits per heavy atom. The van der Waals surface area contributed by atoms with Gasteiger partial charge in [-0.2, -0.15) is 0 Å². The number of hydrogen-bond acceptors (Lipinski definition) is 2. The van der Waals surface area contributed by atoms with Crippen molar-refractivity contribution < 1.29 is 0 Å². The number of likely N-dealkylation sites (N-methyl/N-ethyl adjacent to an activating group) is 1. The fourth-order valence-electron chi connectivity index (χ4n) is 1.42. The van der Waals surface area contributed by atoms with Crippen LogP contribution in [-0.4, -0.2) is 31.1 Å². The van der Waals surface area contributed by atoms with Gasteiger partial charge in [-0.25, -0.2) is 0 Å². The van der Waals surface area contributed by atoms with Gasteiger partial charge < -0.3 is 10.2 Å². The van der Waals surface area contributed by atoms with Gasteiger partial charge in [0, 0.05) is 35.2 Å². The van der Waals surface area contributed by atoms with Crippen molar-refractivity contribution in [2.75, 3.05) is 20.1 Å². The molecule has 0 fully saturated rings. The van der Waals surface area contributed by atoms with Gasteiger partial charge in [0.1, 0.15) is 0 Å². The molecule has 0 saturated heterocycles. The van der Waals surface area contributed by atoms with Crippen molar-refractivity contribution in [2.24, 2.45) is 0 Å². The van der Waals surface area contributed by atoms with Gasteiger partial charge in [0.2, 0.25) is 0 Å². The van der Waals surface area contributed by atoms with Crippen LogP contribution < -0.4 is 5.32 Å². The van der Waals surface area contributed by atoms with Crippen LogP contribution in [0.2, 0.25) is 5.02 Å². The third-order valence-electron chi connectivity index (χ3n) is 2.85. The Morgan fingerprint density at radius 2 is 2.12 bits per heavy atom. The number of nitrogens with zero attached hydrogens (tertiary/aromatic N) is 1. The summed E-state index contributed by atoms with van der Waals surface area (Å²) in [4.78, 5) is 2.32. The van der Waals surface area contributed by atoms with E-state index in [9.17, 15) is 0 Å². The Hall–Kier alpha value is -0.0900. The lowest BCUT2D eigenvalue weighted by Gasteiger charge is -2.21. The Balaban J connectivity index is 2.33. The molecule has 0 aromatic heterocycles. The number of benzene rings is 1. The smallest absolute Gasteiger partial charge is 0.0410 e. The number of halogens is 2. The van der Waals surface area contributed by atoms with Crippen molar-refractivity contribution in [2.45, 2.75) is 26.4 Å². The summed E-state index contributed by atoms with van der Waals surface area (Å²) >= 11 is 9.49. The Labute approximate surface area is 117 Å². The summed E-state index contributed by atoms with van der Waals surface area (Å²) in [5, 5.41) is 4.21. The third-order valence-corrected chi connectivity index (χ3v) is 3.85. The van der Waals surface area contributed by atoms with Crippen molar-refractivity contribution in [3.63, 3.8) is 0 Å². The van der Waals surface area contributed by atoms with Crippen LogP contribution in [-0.2, 0) is 6.54 Å². The second-order valence-corrected chi connectivity index (χ2v) is 5.78. The number of hydrogen-bond donors (Lipinski definition) is 1. The fraction of sp³-hybridized carbons (Fsp3) is 0.538. The summed E-state index contributed by atoms with van der Waals surface area (Å²) < 4.78 is 1.10. The predicted octanol–water partition coefficient (Wildman–Crippen LogP) is 3.53. The lowest BCUT2D eigenvalue weighted by molar-refractivity contribution is 0.273. The quantitative estimate of drug-likeness (QED) is 0.807. The Morgan fingerprint density at radius 1 is 1.41 bits per heavy atom. The van der Waals surface area contributed by atoms with Gasteiger partial charge in [0.15, 0.2) is 0 Å². The molecule has 96 valence electrons. The molecular weight excluding hydrogens is 300 g/mol. The van der Waals surface area contributed by atoms with Crippen molar-refractivity contribution >= 4 is 27.5 Å². The van der Waals surface area contributed by atoms with Gasteiger partial charge in [-0.05, 0) is 44.7 Å². The molecule has 0 saturated carbocycles. The molecule has 0 heterocycles. The zero-order valence-electron chi connectivity index (χ0n) is 10.6. The third kappa shape index (κ3) is 5.38. The van der Waals surface area contributed by atoms with Crippen LogP contribution in [0.5, 0.6) is 0 Å². The van der Waals surface area contributed by atoms with Crippen molar-refractivity contribution in [3.8, 4) is 0 Å². The largest absolute Gasteiger partial charge is 0.311 e. The molecule has 4 heteroatoms. The molecular formula is C13H20BrClN2. The molecule has 0 aliphatic carbocycles. The molecule has 0 radical (unpaired) electrons. The summed E-state index contributed by atoms with van der Waals surface area (Å²) in [6.45, 7) is 7.28. The van der Waals surface area contributed by atoms with E-state index in [2.05, 4.69) is 47.0 Å². The summed E-state index contributed by atoms with van der Waals surface area (Å²) in [6.07, 6.45) is 0. The highest BCUT2D eigenvalue weighted by atomic mass is 79.9. The molecule has 0 bridgehead atoms. The number of nitrogens with one attached hydrogen (secondary N) is 1. The molecule has 1 rings (SSSR count). The normalized spacial score (nSPS) is 11.5. The molecule has 1 aromatic rings. The van der Waals surface area contributed by atoms with Crippen LogP contribution in [0, 0.1) is 0 Å². The zero-order valence-corrected chi connectivity index (χ0v) is 13.0. The van der Waals surface area contributed by atoms with Gasteiger partial charge in [0.05, 0.1) is 0 Å². The molecule has 0 aliphatic rings. The predicted molar refractivity (Wildman–Crippen MR) is 78.6 cm³/mol. The average molecular weight is 320 g/mol. The van der Waals surface area contributed by atoms with Crippen LogP contribution in [0.3, 0.4) is 0 Å². The SMILES string of the molecule is CC(C)N(C)CCNCc1cc(Cl)ccc1Br. The van der Waals surface area contributed by atoms with Crippen molar-refractivity contribution in [1.82, 2.24) is 10.2 Å². The van der Waals surface area contributed by atoms with E-state index in [0.717, 1.165) is 29.1 Å². The molecule has 2 nitrogen and oxygen atoms in total. The minimum Gasteiger partial charge on any atom is -0.311 e. The Bertz CT molecular complexity index is 355. The van der Waals surface area contributed by atoms with Gasteiger partial charge in [-0.15, -0.1) is 0 Å².